The van der Waals surface area contributed by atoms with Gasteiger partial charge in [-0.1, -0.05) is 20.3 Å². The highest BCUT2D eigenvalue weighted by Gasteiger charge is 2.19. The van der Waals surface area contributed by atoms with Crippen molar-refractivity contribution in [3.8, 4) is 0 Å². The molecule has 0 fully saturated rings. The fraction of sp³-hybridized carbons (Fsp3) is 1.00. The molecule has 0 aromatic heterocycles. The molecule has 2 atom stereocenters. The van der Waals surface area contributed by atoms with E-state index in [1.165, 1.54) is 0 Å². The maximum atomic E-state index is 9.84. The lowest BCUT2D eigenvalue weighted by Gasteiger charge is -2.24. The molecule has 2 heteroatoms. The zero-order valence-electron chi connectivity index (χ0n) is 9.92. The average molecular weight is 202 g/mol. The van der Waals surface area contributed by atoms with Crippen LogP contribution in [0.15, 0.2) is 0 Å². The van der Waals surface area contributed by atoms with Gasteiger partial charge in [-0.2, -0.15) is 0 Å². The summed E-state index contributed by atoms with van der Waals surface area (Å²) in [6, 6.07) is 0. The lowest BCUT2D eigenvalue weighted by atomic mass is 9.88. The Balaban J connectivity index is 3.71. The van der Waals surface area contributed by atoms with Crippen LogP contribution in [0.25, 0.3) is 0 Å². The molecular weight excluding hydrogens is 176 g/mol. The smallest absolute Gasteiger partial charge is 0.0617 e. The minimum absolute atomic E-state index is 0.292. The van der Waals surface area contributed by atoms with E-state index in [0.29, 0.717) is 12.5 Å². The molecule has 14 heavy (non-hydrogen) atoms. The predicted molar refractivity (Wildman–Crippen MR) is 60.2 cm³/mol. The van der Waals surface area contributed by atoms with Crippen LogP contribution in [0, 0.1) is 5.92 Å². The zero-order valence-corrected chi connectivity index (χ0v) is 9.92. The van der Waals surface area contributed by atoms with Crippen molar-refractivity contribution in [1.29, 1.82) is 0 Å². The van der Waals surface area contributed by atoms with Crippen LogP contribution in [0.1, 0.15) is 59.3 Å². The first kappa shape index (κ1) is 13.9. The van der Waals surface area contributed by atoms with Crippen LogP contribution in [0.5, 0.6) is 0 Å². The van der Waals surface area contributed by atoms with Crippen LogP contribution in [0.2, 0.25) is 0 Å². The maximum Gasteiger partial charge on any atom is 0.0617 e. The summed E-state index contributed by atoms with van der Waals surface area (Å²) < 4.78 is 0. The van der Waals surface area contributed by atoms with Gasteiger partial charge in [0, 0.05) is 6.61 Å². The van der Waals surface area contributed by atoms with Gasteiger partial charge in [0.15, 0.2) is 0 Å². The standard InChI is InChI=1S/C12H26O2/c1-4-11(7-6-10-13)8-9-12(3,14)5-2/h11,13-14H,4-10H2,1-3H3. The van der Waals surface area contributed by atoms with E-state index < -0.39 is 5.60 Å². The Labute approximate surface area is 88.3 Å². The second-order valence-corrected chi connectivity index (χ2v) is 4.53. The van der Waals surface area contributed by atoms with Gasteiger partial charge in [0.25, 0.3) is 0 Å². The second-order valence-electron chi connectivity index (χ2n) is 4.53. The van der Waals surface area contributed by atoms with Gasteiger partial charge >= 0.3 is 0 Å². The summed E-state index contributed by atoms with van der Waals surface area (Å²) in [7, 11) is 0. The molecular formula is C12H26O2. The second kappa shape index (κ2) is 7.24. The van der Waals surface area contributed by atoms with Gasteiger partial charge in [0.1, 0.15) is 0 Å². The number of aliphatic hydroxyl groups is 2. The van der Waals surface area contributed by atoms with Gasteiger partial charge in [0.2, 0.25) is 0 Å². The van der Waals surface area contributed by atoms with Crippen LogP contribution >= 0.6 is 0 Å². The van der Waals surface area contributed by atoms with Gasteiger partial charge in [-0.15, -0.1) is 0 Å². The minimum Gasteiger partial charge on any atom is -0.396 e. The third-order valence-corrected chi connectivity index (χ3v) is 3.20. The van der Waals surface area contributed by atoms with Crippen LogP contribution in [0.4, 0.5) is 0 Å². The van der Waals surface area contributed by atoms with E-state index in [0.717, 1.165) is 38.5 Å². The Kier molecular flexibility index (Phi) is 7.20. The third-order valence-electron chi connectivity index (χ3n) is 3.20. The molecule has 0 heterocycles. The largest absolute Gasteiger partial charge is 0.396 e. The normalized spacial score (nSPS) is 17.8. The molecule has 0 saturated carbocycles. The molecule has 0 bridgehead atoms. The summed E-state index contributed by atoms with van der Waals surface area (Å²) in [5, 5.41) is 18.6. The van der Waals surface area contributed by atoms with Crippen molar-refractivity contribution in [2.45, 2.75) is 64.9 Å². The Bertz CT molecular complexity index is 132. The van der Waals surface area contributed by atoms with Gasteiger partial charge < -0.3 is 10.2 Å². The zero-order chi connectivity index (χ0) is 11.0. The molecule has 0 aliphatic heterocycles. The molecule has 0 aromatic carbocycles. The fourth-order valence-electron chi connectivity index (χ4n) is 1.62. The first-order valence-electron chi connectivity index (χ1n) is 5.89. The molecule has 0 aromatic rings. The van der Waals surface area contributed by atoms with Crippen LogP contribution in [-0.4, -0.2) is 22.4 Å². The Morgan fingerprint density at radius 3 is 2.29 bits per heavy atom. The van der Waals surface area contributed by atoms with Crippen molar-refractivity contribution >= 4 is 0 Å². The van der Waals surface area contributed by atoms with Crippen molar-refractivity contribution in [2.75, 3.05) is 6.61 Å². The van der Waals surface area contributed by atoms with Crippen molar-refractivity contribution in [2.24, 2.45) is 5.92 Å². The molecule has 0 saturated heterocycles. The van der Waals surface area contributed by atoms with Crippen LogP contribution in [-0.2, 0) is 0 Å². The van der Waals surface area contributed by atoms with Crippen molar-refractivity contribution in [1.82, 2.24) is 0 Å². The van der Waals surface area contributed by atoms with E-state index in [1.807, 2.05) is 13.8 Å². The molecule has 2 N–H and O–H groups in total. The molecule has 2 nitrogen and oxygen atoms in total. The third kappa shape index (κ3) is 6.39. The Morgan fingerprint density at radius 1 is 1.21 bits per heavy atom. The van der Waals surface area contributed by atoms with E-state index >= 15 is 0 Å². The highest BCUT2D eigenvalue weighted by molar-refractivity contribution is 4.72. The molecule has 0 spiro atoms. The summed E-state index contributed by atoms with van der Waals surface area (Å²) in [6.07, 6.45) is 5.92. The SMILES string of the molecule is CCC(CCCO)CCC(C)(O)CC. The summed E-state index contributed by atoms with van der Waals surface area (Å²) in [5.41, 5.74) is -0.493. The van der Waals surface area contributed by atoms with E-state index in [-0.39, 0.29) is 0 Å². The van der Waals surface area contributed by atoms with E-state index in [4.69, 9.17) is 5.11 Å². The van der Waals surface area contributed by atoms with E-state index in [1.54, 1.807) is 0 Å². The summed E-state index contributed by atoms with van der Waals surface area (Å²) in [4.78, 5) is 0. The Hall–Kier alpha value is -0.0800. The lowest BCUT2D eigenvalue weighted by Crippen LogP contribution is -2.23. The molecule has 0 radical (unpaired) electrons. The minimum atomic E-state index is -0.493. The topological polar surface area (TPSA) is 40.5 Å². The molecule has 0 aliphatic carbocycles. The summed E-state index contributed by atoms with van der Waals surface area (Å²) in [6.45, 7) is 6.41. The fourth-order valence-corrected chi connectivity index (χ4v) is 1.62. The molecule has 2 unspecified atom stereocenters. The quantitative estimate of drug-likeness (QED) is 0.635. The molecule has 0 aliphatic rings. The molecule has 0 rings (SSSR count). The number of hydrogen-bond acceptors (Lipinski definition) is 2. The van der Waals surface area contributed by atoms with Gasteiger partial charge in [-0.25, -0.2) is 0 Å². The van der Waals surface area contributed by atoms with Gasteiger partial charge in [-0.3, -0.25) is 0 Å². The highest BCUT2D eigenvalue weighted by Crippen LogP contribution is 2.24. The van der Waals surface area contributed by atoms with Crippen LogP contribution in [0.3, 0.4) is 0 Å². The highest BCUT2D eigenvalue weighted by atomic mass is 16.3. The predicted octanol–water partition coefficient (Wildman–Crippen LogP) is 2.73. The monoisotopic (exact) mass is 202 g/mol. The van der Waals surface area contributed by atoms with Gasteiger partial charge in [0.05, 0.1) is 5.60 Å². The van der Waals surface area contributed by atoms with Crippen molar-refractivity contribution in [3.05, 3.63) is 0 Å². The van der Waals surface area contributed by atoms with E-state index in [2.05, 4.69) is 6.92 Å². The number of rotatable bonds is 8. The maximum absolute atomic E-state index is 9.84. The first-order chi connectivity index (χ1) is 6.55. The van der Waals surface area contributed by atoms with Gasteiger partial charge in [-0.05, 0) is 44.9 Å². The first-order valence-corrected chi connectivity index (χ1v) is 5.89. The number of hydrogen-bond donors (Lipinski definition) is 2. The van der Waals surface area contributed by atoms with Crippen molar-refractivity contribution in [3.63, 3.8) is 0 Å². The number of aliphatic hydroxyl groups excluding tert-OH is 1. The Morgan fingerprint density at radius 2 is 1.86 bits per heavy atom. The molecule has 0 amide bonds. The molecule has 86 valence electrons. The summed E-state index contributed by atoms with van der Waals surface area (Å²) >= 11 is 0. The summed E-state index contributed by atoms with van der Waals surface area (Å²) in [5.74, 6) is 0.667. The van der Waals surface area contributed by atoms with Crippen molar-refractivity contribution < 1.29 is 10.2 Å². The van der Waals surface area contributed by atoms with E-state index in [9.17, 15) is 5.11 Å². The lowest BCUT2D eigenvalue weighted by molar-refractivity contribution is 0.0393. The van der Waals surface area contributed by atoms with Crippen LogP contribution < -0.4 is 0 Å². The average Bonchev–Trinajstić information content (AvgIpc) is 2.18.